The van der Waals surface area contributed by atoms with E-state index in [1.165, 1.54) is 4.31 Å². The molecule has 3 fully saturated rings. The van der Waals surface area contributed by atoms with E-state index in [1.54, 1.807) is 4.90 Å². The van der Waals surface area contributed by atoms with Gasteiger partial charge in [-0.25, -0.2) is 17.7 Å². The Morgan fingerprint density at radius 1 is 1.22 bits per heavy atom. The van der Waals surface area contributed by atoms with Crippen molar-refractivity contribution in [3.8, 4) is 0 Å². The molecule has 0 radical (unpaired) electrons. The van der Waals surface area contributed by atoms with Crippen LogP contribution < -0.4 is 4.90 Å². The summed E-state index contributed by atoms with van der Waals surface area (Å²) < 4.78 is 66.8. The zero-order valence-corrected chi connectivity index (χ0v) is 19.7. The Kier molecular flexibility index (Phi) is 5.82. The zero-order valence-electron chi connectivity index (χ0n) is 18.1. The maximum atomic E-state index is 13.4. The first kappa shape index (κ1) is 23.8. The Hall–Kier alpha value is -1.39. The number of fused-ring (bicyclic) bond motifs is 2. The summed E-state index contributed by atoms with van der Waals surface area (Å²) in [6, 6.07) is 0.840. The highest BCUT2D eigenvalue weighted by Crippen LogP contribution is 2.64. The summed E-state index contributed by atoms with van der Waals surface area (Å²) in [5.74, 6) is 0.321. The molecule has 3 aliphatic rings. The van der Waals surface area contributed by atoms with Gasteiger partial charge < -0.3 is 4.90 Å². The van der Waals surface area contributed by atoms with Crippen molar-refractivity contribution in [1.29, 1.82) is 0 Å². The van der Waals surface area contributed by atoms with Gasteiger partial charge in [-0.3, -0.25) is 4.79 Å². The lowest BCUT2D eigenvalue weighted by molar-refractivity contribution is -0.137. The third-order valence-corrected chi connectivity index (χ3v) is 10.2. The summed E-state index contributed by atoms with van der Waals surface area (Å²) in [6.45, 7) is 5.13. The van der Waals surface area contributed by atoms with E-state index in [4.69, 9.17) is 11.6 Å². The molecule has 0 spiro atoms. The largest absolute Gasteiger partial charge is 0.417 e. The van der Waals surface area contributed by atoms with E-state index in [0.717, 1.165) is 18.7 Å². The van der Waals surface area contributed by atoms with Crippen molar-refractivity contribution < 1.29 is 26.4 Å². The van der Waals surface area contributed by atoms with Crippen LogP contribution in [0.15, 0.2) is 12.3 Å². The second-order valence-corrected chi connectivity index (χ2v) is 12.1. The fourth-order valence-corrected chi connectivity index (χ4v) is 8.25. The number of nitrogens with zero attached hydrogens (tertiary/aromatic N) is 3. The molecule has 2 atom stereocenters. The number of hydrogen-bond donors (Lipinski definition) is 0. The SMILES string of the molecule is CC1(C)[C@H]2CC[C@@]1(CS(=O)(=O)N1CCCN(c3ncc(C(F)(F)F)cc3Cl)CC1)C(=O)C2. The topological polar surface area (TPSA) is 70.6 Å². The van der Waals surface area contributed by atoms with Crippen molar-refractivity contribution in [1.82, 2.24) is 9.29 Å². The summed E-state index contributed by atoms with van der Waals surface area (Å²) in [4.78, 5) is 18.4. The van der Waals surface area contributed by atoms with E-state index in [-0.39, 0.29) is 53.3 Å². The number of sulfonamides is 1. The number of aromatic nitrogens is 1. The quantitative estimate of drug-likeness (QED) is 0.634. The van der Waals surface area contributed by atoms with Crippen LogP contribution in [0, 0.1) is 16.7 Å². The third-order valence-electron chi connectivity index (χ3n) is 7.86. The normalized spacial score (nSPS) is 28.9. The molecule has 1 aromatic rings. The molecule has 1 aliphatic heterocycles. The number of ketones is 1. The molecule has 2 bridgehead atoms. The molecule has 6 nitrogen and oxygen atoms in total. The van der Waals surface area contributed by atoms with Crippen LogP contribution in [0.1, 0.15) is 45.1 Å². The molecule has 11 heteroatoms. The molecular formula is C21H27ClF3N3O3S. The summed E-state index contributed by atoms with van der Waals surface area (Å²) >= 11 is 6.08. The number of halogens is 4. The van der Waals surface area contributed by atoms with Crippen LogP contribution in [-0.4, -0.2) is 55.4 Å². The van der Waals surface area contributed by atoms with Gasteiger partial charge in [-0.1, -0.05) is 25.4 Å². The lowest BCUT2D eigenvalue weighted by Crippen LogP contribution is -2.47. The predicted octanol–water partition coefficient (Wildman–Crippen LogP) is 3.99. The molecule has 4 rings (SSSR count). The zero-order chi connectivity index (χ0) is 23.5. The summed E-state index contributed by atoms with van der Waals surface area (Å²) in [5.41, 5.74) is -2.10. The number of carbonyl (C=O) groups is 1. The van der Waals surface area contributed by atoms with Gasteiger partial charge in [0.05, 0.1) is 16.3 Å². The van der Waals surface area contributed by atoms with Crippen LogP contribution >= 0.6 is 11.6 Å². The van der Waals surface area contributed by atoms with E-state index in [1.807, 2.05) is 13.8 Å². The Labute approximate surface area is 191 Å². The van der Waals surface area contributed by atoms with E-state index in [2.05, 4.69) is 4.98 Å². The minimum Gasteiger partial charge on any atom is -0.354 e. The van der Waals surface area contributed by atoms with Gasteiger partial charge in [0, 0.05) is 44.2 Å². The van der Waals surface area contributed by atoms with Gasteiger partial charge >= 0.3 is 6.18 Å². The fourth-order valence-electron chi connectivity index (χ4n) is 5.71. The average molecular weight is 494 g/mol. The van der Waals surface area contributed by atoms with Crippen LogP contribution in [0.5, 0.6) is 0 Å². The molecule has 0 N–H and O–H groups in total. The molecule has 0 unspecified atom stereocenters. The van der Waals surface area contributed by atoms with Crippen molar-refractivity contribution >= 4 is 33.2 Å². The summed E-state index contributed by atoms with van der Waals surface area (Å²) in [6.07, 6.45) is -1.39. The molecule has 0 amide bonds. The summed E-state index contributed by atoms with van der Waals surface area (Å²) in [7, 11) is -3.70. The number of carbonyl (C=O) groups excluding carboxylic acids is 1. The van der Waals surface area contributed by atoms with Gasteiger partial charge in [0.1, 0.15) is 11.6 Å². The Bertz CT molecular complexity index is 1030. The molecule has 2 saturated carbocycles. The van der Waals surface area contributed by atoms with Gasteiger partial charge in [0.25, 0.3) is 0 Å². The van der Waals surface area contributed by atoms with E-state index in [0.29, 0.717) is 25.8 Å². The van der Waals surface area contributed by atoms with Crippen molar-refractivity contribution in [2.75, 3.05) is 36.8 Å². The molecule has 1 saturated heterocycles. The first-order valence-corrected chi connectivity index (χ1v) is 12.8. The monoisotopic (exact) mass is 493 g/mol. The van der Waals surface area contributed by atoms with E-state index in [9.17, 15) is 26.4 Å². The third kappa shape index (κ3) is 3.81. The fraction of sp³-hybridized carbons (Fsp3) is 0.714. The molecule has 2 heterocycles. The molecular weight excluding hydrogens is 467 g/mol. The molecule has 1 aromatic heterocycles. The number of Topliss-reactive ketones (excluding diaryl/α,β-unsaturated/α-hetero) is 1. The second-order valence-electron chi connectivity index (χ2n) is 9.69. The maximum absolute atomic E-state index is 13.4. The number of pyridine rings is 1. The first-order chi connectivity index (χ1) is 14.8. The van der Waals surface area contributed by atoms with Gasteiger partial charge in [0.2, 0.25) is 10.0 Å². The predicted molar refractivity (Wildman–Crippen MR) is 115 cm³/mol. The smallest absolute Gasteiger partial charge is 0.354 e. The maximum Gasteiger partial charge on any atom is 0.417 e. The lowest BCUT2D eigenvalue weighted by atomic mass is 9.70. The van der Waals surface area contributed by atoms with Crippen LogP contribution in [0.2, 0.25) is 5.02 Å². The second kappa shape index (κ2) is 7.84. The van der Waals surface area contributed by atoms with E-state index >= 15 is 0 Å². The van der Waals surface area contributed by atoms with E-state index < -0.39 is 27.2 Å². The molecule has 0 aromatic carbocycles. The Morgan fingerprint density at radius 2 is 1.94 bits per heavy atom. The van der Waals surface area contributed by atoms with Crippen LogP contribution in [0.3, 0.4) is 0 Å². The van der Waals surface area contributed by atoms with Crippen LogP contribution in [-0.2, 0) is 21.0 Å². The number of rotatable bonds is 4. The minimum atomic E-state index is -4.54. The van der Waals surface area contributed by atoms with Gasteiger partial charge in [-0.05, 0) is 36.7 Å². The minimum absolute atomic E-state index is 0.0551. The highest BCUT2D eigenvalue weighted by molar-refractivity contribution is 7.89. The number of hydrogen-bond acceptors (Lipinski definition) is 5. The van der Waals surface area contributed by atoms with Crippen LogP contribution in [0.4, 0.5) is 19.0 Å². The van der Waals surface area contributed by atoms with Gasteiger partial charge in [-0.2, -0.15) is 13.2 Å². The van der Waals surface area contributed by atoms with Crippen molar-refractivity contribution in [2.45, 2.75) is 45.7 Å². The standard InChI is InChI=1S/C21H27ClF3N3O3S/c1-19(2)14-4-5-20(19,17(29)11-14)13-32(30,31)28-7-3-6-27(8-9-28)18-16(22)10-15(12-26-18)21(23,24)25/h10,12,14H,3-9,11,13H2,1-2H3/t14-,20+/m0/s1. The first-order valence-electron chi connectivity index (χ1n) is 10.8. The Morgan fingerprint density at radius 3 is 2.50 bits per heavy atom. The van der Waals surface area contributed by atoms with Crippen molar-refractivity contribution in [3.05, 3.63) is 22.8 Å². The van der Waals surface area contributed by atoms with Crippen molar-refractivity contribution in [3.63, 3.8) is 0 Å². The van der Waals surface area contributed by atoms with Crippen LogP contribution in [0.25, 0.3) is 0 Å². The highest BCUT2D eigenvalue weighted by atomic mass is 35.5. The lowest BCUT2D eigenvalue weighted by Gasteiger charge is -2.37. The molecule has 178 valence electrons. The molecule has 2 aliphatic carbocycles. The molecule has 32 heavy (non-hydrogen) atoms. The number of anilines is 1. The van der Waals surface area contributed by atoms with Gasteiger partial charge in [-0.15, -0.1) is 0 Å². The van der Waals surface area contributed by atoms with Gasteiger partial charge in [0.15, 0.2) is 0 Å². The summed E-state index contributed by atoms with van der Waals surface area (Å²) in [5, 5.41) is -0.120. The van der Waals surface area contributed by atoms with Crippen molar-refractivity contribution in [2.24, 2.45) is 16.7 Å². The average Bonchev–Trinajstić information content (AvgIpc) is 2.92. The highest BCUT2D eigenvalue weighted by Gasteiger charge is 2.65. The Balaban J connectivity index is 1.49. The number of alkyl halides is 3.